The molecule has 0 aliphatic carbocycles. The topological polar surface area (TPSA) is 119 Å². The van der Waals surface area contributed by atoms with Crippen LogP contribution in [-0.4, -0.2) is 42.1 Å². The first kappa shape index (κ1) is 22.2. The lowest BCUT2D eigenvalue weighted by Gasteiger charge is -2.32. The summed E-state index contributed by atoms with van der Waals surface area (Å²) in [4.78, 5) is 41.0. The summed E-state index contributed by atoms with van der Waals surface area (Å²) in [5, 5.41) is 5.14. The summed E-state index contributed by atoms with van der Waals surface area (Å²) >= 11 is 1.36. The molecule has 0 radical (unpaired) electrons. The van der Waals surface area contributed by atoms with Crippen LogP contribution in [0.5, 0.6) is 0 Å². The molecule has 3 aromatic heterocycles. The largest absolute Gasteiger partial charge is 0.382 e. The van der Waals surface area contributed by atoms with E-state index < -0.39 is 5.54 Å². The number of rotatable bonds is 4. The second-order valence-corrected chi connectivity index (χ2v) is 9.89. The number of anilines is 2. The maximum absolute atomic E-state index is 13.0. The van der Waals surface area contributed by atoms with Gasteiger partial charge in [-0.1, -0.05) is 18.1 Å². The Balaban J connectivity index is 1.43. The fourth-order valence-corrected chi connectivity index (χ4v) is 6.14. The van der Waals surface area contributed by atoms with Crippen molar-refractivity contribution >= 4 is 39.6 Å². The van der Waals surface area contributed by atoms with E-state index in [9.17, 15) is 9.59 Å². The lowest BCUT2D eigenvalue weighted by Crippen LogP contribution is -2.43. The number of nitrogens with two attached hydrogens (primary N) is 1. The molecule has 0 atom stereocenters. The summed E-state index contributed by atoms with van der Waals surface area (Å²) in [7, 11) is 0. The van der Waals surface area contributed by atoms with Gasteiger partial charge in [-0.25, -0.2) is 15.0 Å². The van der Waals surface area contributed by atoms with E-state index in [1.54, 1.807) is 36.8 Å². The summed E-state index contributed by atoms with van der Waals surface area (Å²) in [6, 6.07) is 7.38. The lowest BCUT2D eigenvalue weighted by atomic mass is 9.87. The summed E-state index contributed by atoms with van der Waals surface area (Å²) < 4.78 is 1.97. The van der Waals surface area contributed by atoms with Gasteiger partial charge in [-0.05, 0) is 50.7 Å². The Morgan fingerprint density at radius 1 is 1.17 bits per heavy atom. The highest BCUT2D eigenvalue weighted by Crippen LogP contribution is 2.53. The van der Waals surface area contributed by atoms with Crippen LogP contribution in [0.2, 0.25) is 0 Å². The van der Waals surface area contributed by atoms with Crippen LogP contribution in [0.3, 0.4) is 0 Å². The smallest absolute Gasteiger partial charge is 0.299 e. The van der Waals surface area contributed by atoms with Crippen molar-refractivity contribution in [3.8, 4) is 23.1 Å². The normalized spacial score (nSPS) is 20.4. The Morgan fingerprint density at radius 2 is 1.94 bits per heavy atom. The van der Waals surface area contributed by atoms with Crippen LogP contribution >= 0.6 is 11.3 Å². The first-order valence-corrected chi connectivity index (χ1v) is 12.6. The van der Waals surface area contributed by atoms with Crippen molar-refractivity contribution in [3.63, 3.8) is 0 Å². The molecular formula is C26H23N7O2S. The van der Waals surface area contributed by atoms with Gasteiger partial charge in [-0.15, -0.1) is 11.3 Å². The summed E-state index contributed by atoms with van der Waals surface area (Å²) in [6.07, 6.45) is 8.64. The second kappa shape index (κ2) is 8.46. The maximum Gasteiger partial charge on any atom is 0.299 e. The van der Waals surface area contributed by atoms with Crippen molar-refractivity contribution in [2.24, 2.45) is 0 Å². The van der Waals surface area contributed by atoms with E-state index in [0.29, 0.717) is 27.7 Å². The van der Waals surface area contributed by atoms with Gasteiger partial charge in [0.15, 0.2) is 5.13 Å². The molecule has 180 valence electrons. The highest BCUT2D eigenvalue weighted by Gasteiger charge is 2.57. The Bertz CT molecular complexity index is 1540. The zero-order chi connectivity index (χ0) is 24.9. The number of imidazole rings is 1. The van der Waals surface area contributed by atoms with Crippen LogP contribution < -0.4 is 11.1 Å². The highest BCUT2D eigenvalue weighted by atomic mass is 32.1. The van der Waals surface area contributed by atoms with E-state index in [-0.39, 0.29) is 17.9 Å². The third-order valence-electron chi connectivity index (χ3n) is 7.13. The first-order chi connectivity index (χ1) is 17.5. The molecule has 2 amide bonds. The fourth-order valence-electron chi connectivity index (χ4n) is 5.61. The van der Waals surface area contributed by atoms with Crippen molar-refractivity contribution in [2.75, 3.05) is 11.1 Å². The average Bonchev–Trinajstić information content (AvgIpc) is 3.67. The predicted octanol–water partition coefficient (Wildman–Crippen LogP) is 3.69. The number of benzene rings is 1. The number of hydrogen-bond donors (Lipinski definition) is 2. The van der Waals surface area contributed by atoms with Crippen molar-refractivity contribution in [3.05, 3.63) is 59.6 Å². The van der Waals surface area contributed by atoms with Gasteiger partial charge in [0.05, 0.1) is 0 Å². The van der Waals surface area contributed by atoms with Gasteiger partial charge < -0.3 is 10.6 Å². The molecule has 6 rings (SSSR count). The number of nitrogens with one attached hydrogen (secondary N) is 1. The molecule has 1 aromatic carbocycles. The monoisotopic (exact) mass is 497 g/mol. The molecule has 0 spiro atoms. The zero-order valence-corrected chi connectivity index (χ0v) is 20.4. The molecule has 2 bridgehead atoms. The second-order valence-electron chi connectivity index (χ2n) is 9.00. The van der Waals surface area contributed by atoms with E-state index in [4.69, 9.17) is 10.7 Å². The number of thiazole rings is 1. The highest BCUT2D eigenvalue weighted by molar-refractivity contribution is 7.13. The molecule has 10 heteroatoms. The third-order valence-corrected chi connectivity index (χ3v) is 7.82. The minimum Gasteiger partial charge on any atom is -0.382 e. The van der Waals surface area contributed by atoms with Gasteiger partial charge in [0.25, 0.3) is 11.8 Å². The van der Waals surface area contributed by atoms with E-state index in [0.717, 1.165) is 37.1 Å². The van der Waals surface area contributed by atoms with Crippen LogP contribution in [0.1, 0.15) is 48.8 Å². The Hall–Kier alpha value is -4.23. The van der Waals surface area contributed by atoms with Crippen LogP contribution in [0.4, 0.5) is 10.9 Å². The number of fused-ring (bicyclic) bond motifs is 3. The van der Waals surface area contributed by atoms with Crippen molar-refractivity contribution in [1.82, 2.24) is 24.3 Å². The van der Waals surface area contributed by atoms with Gasteiger partial charge in [0.2, 0.25) is 0 Å². The number of nitrogens with zero attached hydrogens (tertiary/aromatic N) is 5. The molecule has 0 saturated carbocycles. The standard InChI is InChI=1S/C26H23N7O2S/c1-2-3-19(34)33-18-8-10-26(33,11-9-18)24-30-20(21-22(27)28-12-14-32(21)24)16-4-6-17(7-5-16)23(35)31-25-29-13-15-36-25/h4-7,12-15,18H,8-11H2,1H3,(H2,27,28)(H,29,31,35). The number of carbonyl (C=O) groups is 2. The molecule has 2 saturated heterocycles. The number of nitrogen functional groups attached to an aromatic ring is 1. The molecule has 2 aliphatic rings. The zero-order valence-electron chi connectivity index (χ0n) is 19.6. The quantitative estimate of drug-likeness (QED) is 0.415. The first-order valence-electron chi connectivity index (χ1n) is 11.7. The molecule has 0 unspecified atom stereocenters. The number of amides is 2. The molecule has 9 nitrogen and oxygen atoms in total. The Morgan fingerprint density at radius 3 is 2.64 bits per heavy atom. The van der Waals surface area contributed by atoms with E-state index in [1.807, 2.05) is 27.6 Å². The third kappa shape index (κ3) is 3.35. The van der Waals surface area contributed by atoms with Crippen molar-refractivity contribution in [1.29, 1.82) is 0 Å². The van der Waals surface area contributed by atoms with E-state index in [1.165, 1.54) is 11.3 Å². The Labute approximate surface area is 211 Å². The van der Waals surface area contributed by atoms with E-state index >= 15 is 0 Å². The minimum absolute atomic E-state index is 0.159. The van der Waals surface area contributed by atoms with Gasteiger partial charge in [0, 0.05) is 41.1 Å². The van der Waals surface area contributed by atoms with Crippen LogP contribution in [-0.2, 0) is 10.3 Å². The predicted molar refractivity (Wildman–Crippen MR) is 137 cm³/mol. The van der Waals surface area contributed by atoms with Crippen LogP contribution in [0, 0.1) is 11.8 Å². The average molecular weight is 498 g/mol. The number of carbonyl (C=O) groups excluding carboxylic acids is 2. The summed E-state index contributed by atoms with van der Waals surface area (Å²) in [6.45, 7) is 1.68. The molecular weight excluding hydrogens is 474 g/mol. The summed E-state index contributed by atoms with van der Waals surface area (Å²) in [5.74, 6) is 6.22. The SMILES string of the molecule is CC#CC(=O)N1C2CCC1(c1nc(-c3ccc(C(=O)Nc4nccs4)cc3)c3c(N)nccn13)CC2. The number of aromatic nitrogens is 4. The van der Waals surface area contributed by atoms with Crippen molar-refractivity contribution < 1.29 is 9.59 Å². The van der Waals surface area contributed by atoms with Gasteiger partial charge >= 0.3 is 0 Å². The molecule has 4 aromatic rings. The number of hydrogen-bond acceptors (Lipinski definition) is 7. The fraction of sp³-hybridized carbons (Fsp3) is 0.269. The Kier molecular flexibility index (Phi) is 5.23. The maximum atomic E-state index is 13.0. The van der Waals surface area contributed by atoms with E-state index in [2.05, 4.69) is 27.1 Å². The van der Waals surface area contributed by atoms with Gasteiger partial charge in [-0.2, -0.15) is 0 Å². The minimum atomic E-state index is -0.534. The molecule has 3 N–H and O–H groups in total. The molecule has 2 fully saturated rings. The lowest BCUT2D eigenvalue weighted by molar-refractivity contribution is -0.129. The van der Waals surface area contributed by atoms with Crippen LogP contribution in [0.15, 0.2) is 48.2 Å². The van der Waals surface area contributed by atoms with Crippen molar-refractivity contribution in [2.45, 2.75) is 44.2 Å². The molecule has 2 aliphatic heterocycles. The summed E-state index contributed by atoms with van der Waals surface area (Å²) in [5.41, 5.74) is 8.48. The van der Waals surface area contributed by atoms with Crippen LogP contribution in [0.25, 0.3) is 16.8 Å². The molecule has 5 heterocycles. The molecule has 36 heavy (non-hydrogen) atoms. The van der Waals surface area contributed by atoms with Gasteiger partial charge in [0.1, 0.15) is 28.4 Å². The van der Waals surface area contributed by atoms with Gasteiger partial charge in [-0.3, -0.25) is 19.3 Å².